The normalized spacial score (nSPS) is 11.5. The molecule has 1 amide bonds. The van der Waals surface area contributed by atoms with Gasteiger partial charge in [-0.05, 0) is 12.1 Å². The Kier molecular flexibility index (Phi) is 4.64. The van der Waals surface area contributed by atoms with Gasteiger partial charge in [0.1, 0.15) is 10.8 Å². The number of thiazole rings is 1. The molecule has 1 unspecified atom stereocenters. The second kappa shape index (κ2) is 7.02. The summed E-state index contributed by atoms with van der Waals surface area (Å²) in [5, 5.41) is 14.0. The number of carbonyl (C=O) groups excluding carboxylic acids is 1. The van der Waals surface area contributed by atoms with E-state index in [1.807, 2.05) is 36.4 Å². The lowest BCUT2D eigenvalue weighted by atomic mass is 10.1. The van der Waals surface area contributed by atoms with E-state index in [2.05, 4.69) is 10.3 Å². The quantitative estimate of drug-likeness (QED) is 0.776. The van der Waals surface area contributed by atoms with Crippen LogP contribution in [0.4, 0.5) is 10.1 Å². The molecule has 2 aromatic carbocycles. The van der Waals surface area contributed by atoms with Crippen LogP contribution >= 0.6 is 11.3 Å². The van der Waals surface area contributed by atoms with Gasteiger partial charge < -0.3 is 5.32 Å². The molecular formula is C18H12FN3OS. The van der Waals surface area contributed by atoms with E-state index in [1.165, 1.54) is 29.5 Å². The van der Waals surface area contributed by atoms with Gasteiger partial charge in [0, 0.05) is 10.9 Å². The summed E-state index contributed by atoms with van der Waals surface area (Å²) in [6, 6.07) is 17.2. The summed E-state index contributed by atoms with van der Waals surface area (Å²) in [5.74, 6) is -2.24. The summed E-state index contributed by atoms with van der Waals surface area (Å²) in [7, 11) is 0. The fourth-order valence-corrected chi connectivity index (χ4v) is 3.02. The first kappa shape index (κ1) is 15.8. The highest BCUT2D eigenvalue weighted by atomic mass is 32.1. The monoisotopic (exact) mass is 337 g/mol. The molecule has 3 rings (SSSR count). The predicted octanol–water partition coefficient (Wildman–Crippen LogP) is 4.20. The lowest BCUT2D eigenvalue weighted by molar-refractivity contribution is -0.116. The van der Waals surface area contributed by atoms with Crippen molar-refractivity contribution in [1.82, 2.24) is 4.98 Å². The number of nitrogens with one attached hydrogen (secondary N) is 1. The SMILES string of the molecule is N#CC(C(=O)Nc1ccccc1F)c1nc(-c2ccccc2)cs1. The number of hydrogen-bond acceptors (Lipinski definition) is 4. The lowest BCUT2D eigenvalue weighted by Crippen LogP contribution is -2.20. The largest absolute Gasteiger partial charge is 0.322 e. The Balaban J connectivity index is 1.82. The third kappa shape index (κ3) is 3.31. The van der Waals surface area contributed by atoms with Crippen molar-refractivity contribution in [3.8, 4) is 17.3 Å². The van der Waals surface area contributed by atoms with E-state index in [-0.39, 0.29) is 5.69 Å². The van der Waals surface area contributed by atoms with E-state index in [0.29, 0.717) is 10.7 Å². The third-order valence-corrected chi connectivity index (χ3v) is 4.27. The average Bonchev–Trinajstić information content (AvgIpc) is 3.08. The summed E-state index contributed by atoms with van der Waals surface area (Å²) < 4.78 is 13.6. The van der Waals surface area contributed by atoms with Gasteiger partial charge in [0.05, 0.1) is 17.5 Å². The van der Waals surface area contributed by atoms with Gasteiger partial charge in [0.25, 0.3) is 0 Å². The number of benzene rings is 2. The van der Waals surface area contributed by atoms with Crippen LogP contribution in [-0.2, 0) is 4.79 Å². The van der Waals surface area contributed by atoms with Crippen LogP contribution < -0.4 is 5.32 Å². The van der Waals surface area contributed by atoms with Crippen LogP contribution in [0.2, 0.25) is 0 Å². The molecule has 1 N–H and O–H groups in total. The summed E-state index contributed by atoms with van der Waals surface area (Å²) in [6.07, 6.45) is 0. The van der Waals surface area contributed by atoms with E-state index in [9.17, 15) is 14.4 Å². The van der Waals surface area contributed by atoms with Crippen LogP contribution in [0.25, 0.3) is 11.3 Å². The highest BCUT2D eigenvalue weighted by molar-refractivity contribution is 7.10. The van der Waals surface area contributed by atoms with Crippen molar-refractivity contribution in [2.45, 2.75) is 5.92 Å². The number of rotatable bonds is 4. The Hall–Kier alpha value is -3.04. The van der Waals surface area contributed by atoms with Crippen molar-refractivity contribution in [2.75, 3.05) is 5.32 Å². The van der Waals surface area contributed by atoms with Crippen molar-refractivity contribution < 1.29 is 9.18 Å². The molecule has 4 nitrogen and oxygen atoms in total. The molecule has 118 valence electrons. The molecule has 0 aliphatic heterocycles. The van der Waals surface area contributed by atoms with Gasteiger partial charge in [-0.15, -0.1) is 11.3 Å². The van der Waals surface area contributed by atoms with E-state index < -0.39 is 17.6 Å². The van der Waals surface area contributed by atoms with Gasteiger partial charge in [-0.3, -0.25) is 4.79 Å². The molecule has 0 radical (unpaired) electrons. The first-order valence-electron chi connectivity index (χ1n) is 7.15. The molecule has 0 aliphatic rings. The zero-order valence-electron chi connectivity index (χ0n) is 12.4. The van der Waals surface area contributed by atoms with Gasteiger partial charge in [0.2, 0.25) is 5.91 Å². The number of carbonyl (C=O) groups is 1. The Morgan fingerprint density at radius 2 is 1.88 bits per heavy atom. The fraction of sp³-hybridized carbons (Fsp3) is 0.0556. The van der Waals surface area contributed by atoms with Crippen molar-refractivity contribution in [3.05, 3.63) is 70.8 Å². The minimum absolute atomic E-state index is 0.0441. The van der Waals surface area contributed by atoms with Crippen LogP contribution in [0, 0.1) is 17.1 Å². The molecule has 0 spiro atoms. The van der Waals surface area contributed by atoms with Crippen LogP contribution in [-0.4, -0.2) is 10.9 Å². The molecule has 0 saturated heterocycles. The first-order valence-corrected chi connectivity index (χ1v) is 8.03. The fourth-order valence-electron chi connectivity index (χ4n) is 2.16. The van der Waals surface area contributed by atoms with E-state index >= 15 is 0 Å². The summed E-state index contributed by atoms with van der Waals surface area (Å²) in [4.78, 5) is 16.7. The number of para-hydroxylation sites is 1. The summed E-state index contributed by atoms with van der Waals surface area (Å²) >= 11 is 1.23. The highest BCUT2D eigenvalue weighted by Crippen LogP contribution is 2.27. The number of hydrogen-bond donors (Lipinski definition) is 1. The molecule has 0 saturated carbocycles. The number of nitriles is 1. The Labute approximate surface area is 142 Å². The van der Waals surface area contributed by atoms with Crippen molar-refractivity contribution >= 4 is 22.9 Å². The van der Waals surface area contributed by atoms with Gasteiger partial charge >= 0.3 is 0 Å². The zero-order valence-corrected chi connectivity index (χ0v) is 13.3. The molecule has 6 heteroatoms. The number of amides is 1. The second-order valence-corrected chi connectivity index (χ2v) is 5.86. The van der Waals surface area contributed by atoms with Crippen LogP contribution in [0.5, 0.6) is 0 Å². The molecule has 1 aromatic heterocycles. The molecular weight excluding hydrogens is 325 g/mol. The highest BCUT2D eigenvalue weighted by Gasteiger charge is 2.24. The van der Waals surface area contributed by atoms with E-state index in [4.69, 9.17) is 0 Å². The Morgan fingerprint density at radius 1 is 1.17 bits per heavy atom. The van der Waals surface area contributed by atoms with Gasteiger partial charge in [0.15, 0.2) is 5.92 Å². The van der Waals surface area contributed by atoms with Gasteiger partial charge in [-0.2, -0.15) is 5.26 Å². The molecule has 1 atom stereocenters. The molecule has 0 aliphatic carbocycles. The lowest BCUT2D eigenvalue weighted by Gasteiger charge is -2.08. The summed E-state index contributed by atoms with van der Waals surface area (Å²) in [6.45, 7) is 0. The molecule has 0 fully saturated rings. The van der Waals surface area contributed by atoms with E-state index in [0.717, 1.165) is 5.56 Å². The first-order chi connectivity index (χ1) is 11.7. The Bertz CT molecular complexity index is 902. The van der Waals surface area contributed by atoms with Gasteiger partial charge in [-0.25, -0.2) is 9.37 Å². The number of nitrogens with zero attached hydrogens (tertiary/aromatic N) is 2. The smallest absolute Gasteiger partial charge is 0.248 e. The minimum atomic E-state index is -1.09. The molecule has 24 heavy (non-hydrogen) atoms. The summed E-state index contributed by atoms with van der Waals surface area (Å²) in [5.41, 5.74) is 1.66. The zero-order chi connectivity index (χ0) is 16.9. The maximum absolute atomic E-state index is 13.6. The molecule has 1 heterocycles. The maximum Gasteiger partial charge on any atom is 0.248 e. The topological polar surface area (TPSA) is 65.8 Å². The van der Waals surface area contributed by atoms with E-state index in [1.54, 1.807) is 11.4 Å². The average molecular weight is 337 g/mol. The number of anilines is 1. The molecule has 0 bridgehead atoms. The third-order valence-electron chi connectivity index (χ3n) is 3.36. The van der Waals surface area contributed by atoms with Crippen LogP contribution in [0.3, 0.4) is 0 Å². The predicted molar refractivity (Wildman–Crippen MR) is 90.9 cm³/mol. The van der Waals surface area contributed by atoms with Crippen molar-refractivity contribution in [1.29, 1.82) is 5.26 Å². The minimum Gasteiger partial charge on any atom is -0.322 e. The van der Waals surface area contributed by atoms with Crippen molar-refractivity contribution in [2.24, 2.45) is 0 Å². The van der Waals surface area contributed by atoms with Crippen LogP contribution in [0.1, 0.15) is 10.9 Å². The maximum atomic E-state index is 13.6. The molecule has 3 aromatic rings. The number of aromatic nitrogens is 1. The standard InChI is InChI=1S/C18H12FN3OS/c19-14-8-4-5-9-15(14)21-17(23)13(10-20)18-22-16(11-24-18)12-6-2-1-3-7-12/h1-9,11,13H,(H,21,23). The number of halogens is 1. The van der Waals surface area contributed by atoms with Crippen LogP contribution in [0.15, 0.2) is 60.0 Å². The second-order valence-electron chi connectivity index (χ2n) is 4.97. The van der Waals surface area contributed by atoms with Gasteiger partial charge in [-0.1, -0.05) is 42.5 Å². The van der Waals surface area contributed by atoms with Crippen molar-refractivity contribution in [3.63, 3.8) is 0 Å². The Morgan fingerprint density at radius 3 is 2.58 bits per heavy atom.